The number of aliphatic imine (C=N–C) groups is 1. The molecule has 0 saturated heterocycles. The van der Waals surface area contributed by atoms with Crippen LogP contribution in [0, 0.1) is 0 Å². The zero-order valence-electron chi connectivity index (χ0n) is 11.1. The van der Waals surface area contributed by atoms with Crippen molar-refractivity contribution in [3.05, 3.63) is 29.8 Å². The Balaban J connectivity index is 0.00000289. The number of nitrogens with two attached hydrogens (primary N) is 1. The van der Waals surface area contributed by atoms with Crippen LogP contribution in [-0.2, 0) is 6.42 Å². The van der Waals surface area contributed by atoms with Crippen LogP contribution >= 0.6 is 35.7 Å². The Morgan fingerprint density at radius 1 is 1.50 bits per heavy atom. The summed E-state index contributed by atoms with van der Waals surface area (Å²) in [6.07, 6.45) is 3.10. The quantitative estimate of drug-likeness (QED) is 0.469. The summed E-state index contributed by atoms with van der Waals surface area (Å²) in [5.74, 6) is 0.485. The third-order valence-corrected chi connectivity index (χ3v) is 3.48. The third-order valence-electron chi connectivity index (χ3n) is 2.53. The maximum absolute atomic E-state index is 5.83. The van der Waals surface area contributed by atoms with Crippen molar-refractivity contribution in [2.75, 3.05) is 18.1 Å². The van der Waals surface area contributed by atoms with Gasteiger partial charge in [-0.05, 0) is 30.4 Å². The molecule has 0 radical (unpaired) electrons. The Morgan fingerprint density at radius 2 is 2.22 bits per heavy atom. The first kappa shape index (κ1) is 17.6. The van der Waals surface area contributed by atoms with E-state index < -0.39 is 0 Å². The van der Waals surface area contributed by atoms with Crippen molar-refractivity contribution in [3.63, 3.8) is 0 Å². The van der Waals surface area contributed by atoms with E-state index in [1.165, 1.54) is 5.56 Å². The second-order valence-electron chi connectivity index (χ2n) is 3.95. The van der Waals surface area contributed by atoms with Crippen LogP contribution in [0.1, 0.15) is 19.4 Å². The molecule has 1 aromatic rings. The number of thioether (sulfide) groups is 1. The summed E-state index contributed by atoms with van der Waals surface area (Å²) in [5, 5.41) is 3.61. The standard InChI is InChI=1S/C13H21N3S.HI/c1-4-11-6-5-7-12(8-11)16-13(14)15-9-10(2)17-3;/h5-8,10H,4,9H2,1-3H3,(H3,14,15,16);1H. The zero-order chi connectivity index (χ0) is 12.7. The number of halogens is 1. The molecular weight excluding hydrogens is 357 g/mol. The SMILES string of the molecule is CCc1cccc(NC(N)=NCC(C)SC)c1.I. The summed E-state index contributed by atoms with van der Waals surface area (Å²) < 4.78 is 0. The van der Waals surface area contributed by atoms with Gasteiger partial charge in [0.15, 0.2) is 5.96 Å². The van der Waals surface area contributed by atoms with Gasteiger partial charge in [-0.1, -0.05) is 26.0 Å². The van der Waals surface area contributed by atoms with Crippen molar-refractivity contribution >= 4 is 47.4 Å². The normalized spacial score (nSPS) is 12.7. The van der Waals surface area contributed by atoms with Crippen molar-refractivity contribution in [2.24, 2.45) is 10.7 Å². The smallest absolute Gasteiger partial charge is 0.193 e. The molecule has 0 fully saturated rings. The van der Waals surface area contributed by atoms with Gasteiger partial charge >= 0.3 is 0 Å². The number of guanidine groups is 1. The molecule has 3 nitrogen and oxygen atoms in total. The summed E-state index contributed by atoms with van der Waals surface area (Å²) in [6, 6.07) is 8.23. The van der Waals surface area contributed by atoms with Crippen LogP contribution in [0.2, 0.25) is 0 Å². The topological polar surface area (TPSA) is 50.4 Å². The fraction of sp³-hybridized carbons (Fsp3) is 0.462. The minimum absolute atomic E-state index is 0. The first-order chi connectivity index (χ1) is 8.15. The Hall–Kier alpha value is -0.430. The van der Waals surface area contributed by atoms with E-state index in [-0.39, 0.29) is 24.0 Å². The monoisotopic (exact) mass is 379 g/mol. The van der Waals surface area contributed by atoms with Crippen LogP contribution in [0.25, 0.3) is 0 Å². The van der Waals surface area contributed by atoms with Gasteiger partial charge in [0, 0.05) is 10.9 Å². The van der Waals surface area contributed by atoms with Gasteiger partial charge in [0.25, 0.3) is 0 Å². The molecule has 0 saturated carbocycles. The fourth-order valence-corrected chi connectivity index (χ4v) is 1.58. The van der Waals surface area contributed by atoms with E-state index in [9.17, 15) is 0 Å². The number of hydrogen-bond donors (Lipinski definition) is 2. The van der Waals surface area contributed by atoms with Crippen LogP contribution in [0.15, 0.2) is 29.3 Å². The van der Waals surface area contributed by atoms with Gasteiger partial charge in [0.1, 0.15) is 0 Å². The fourth-order valence-electron chi connectivity index (χ4n) is 1.36. The highest BCUT2D eigenvalue weighted by Gasteiger charge is 1.99. The second-order valence-corrected chi connectivity index (χ2v) is 5.23. The van der Waals surface area contributed by atoms with E-state index in [0.717, 1.165) is 18.7 Å². The molecule has 0 heterocycles. The molecule has 0 aromatic heterocycles. The number of aryl methyl sites for hydroxylation is 1. The number of anilines is 1. The Morgan fingerprint density at radius 3 is 2.83 bits per heavy atom. The van der Waals surface area contributed by atoms with E-state index in [1.54, 1.807) is 11.8 Å². The molecule has 1 unspecified atom stereocenters. The average molecular weight is 379 g/mol. The number of benzene rings is 1. The Labute approximate surface area is 131 Å². The highest BCUT2D eigenvalue weighted by molar-refractivity contribution is 14.0. The lowest BCUT2D eigenvalue weighted by atomic mass is 10.1. The molecule has 0 aliphatic carbocycles. The van der Waals surface area contributed by atoms with Crippen LogP contribution in [0.3, 0.4) is 0 Å². The van der Waals surface area contributed by atoms with Crippen molar-refractivity contribution in [1.29, 1.82) is 0 Å². The van der Waals surface area contributed by atoms with Gasteiger partial charge in [-0.25, -0.2) is 0 Å². The molecule has 102 valence electrons. The van der Waals surface area contributed by atoms with Crippen LogP contribution in [-0.4, -0.2) is 24.0 Å². The summed E-state index contributed by atoms with van der Waals surface area (Å²) in [4.78, 5) is 4.31. The van der Waals surface area contributed by atoms with Crippen LogP contribution < -0.4 is 11.1 Å². The molecule has 0 bridgehead atoms. The maximum Gasteiger partial charge on any atom is 0.193 e. The second kappa shape index (κ2) is 9.49. The highest BCUT2D eigenvalue weighted by atomic mass is 127. The predicted molar refractivity (Wildman–Crippen MR) is 94.3 cm³/mol. The summed E-state index contributed by atoms with van der Waals surface area (Å²) in [6.45, 7) is 5.02. The largest absolute Gasteiger partial charge is 0.370 e. The first-order valence-corrected chi connectivity index (χ1v) is 7.13. The Kier molecular flexibility index (Phi) is 9.27. The molecule has 0 amide bonds. The maximum atomic E-state index is 5.83. The minimum Gasteiger partial charge on any atom is -0.370 e. The molecule has 1 atom stereocenters. The number of nitrogens with zero attached hydrogens (tertiary/aromatic N) is 1. The van der Waals surface area contributed by atoms with E-state index in [2.05, 4.69) is 42.5 Å². The van der Waals surface area contributed by atoms with Crippen LogP contribution in [0.4, 0.5) is 5.69 Å². The van der Waals surface area contributed by atoms with Gasteiger partial charge in [0.2, 0.25) is 0 Å². The molecule has 18 heavy (non-hydrogen) atoms. The molecule has 0 spiro atoms. The van der Waals surface area contributed by atoms with Crippen molar-refractivity contribution in [3.8, 4) is 0 Å². The lowest BCUT2D eigenvalue weighted by molar-refractivity contribution is 0.951. The first-order valence-electron chi connectivity index (χ1n) is 5.84. The molecule has 0 aliphatic heterocycles. The zero-order valence-corrected chi connectivity index (χ0v) is 14.3. The minimum atomic E-state index is 0. The highest BCUT2D eigenvalue weighted by Crippen LogP contribution is 2.11. The van der Waals surface area contributed by atoms with Crippen molar-refractivity contribution < 1.29 is 0 Å². The predicted octanol–water partition coefficient (Wildman–Crippen LogP) is 3.35. The summed E-state index contributed by atoms with van der Waals surface area (Å²) in [5.41, 5.74) is 8.12. The molecular formula is C13H22IN3S. The van der Waals surface area contributed by atoms with Crippen LogP contribution in [0.5, 0.6) is 0 Å². The molecule has 3 N–H and O–H groups in total. The summed E-state index contributed by atoms with van der Waals surface area (Å²) >= 11 is 1.79. The molecule has 0 aliphatic rings. The summed E-state index contributed by atoms with van der Waals surface area (Å²) in [7, 11) is 0. The van der Waals surface area contributed by atoms with E-state index in [1.807, 2.05) is 12.1 Å². The molecule has 5 heteroatoms. The van der Waals surface area contributed by atoms with Gasteiger partial charge in [-0.15, -0.1) is 24.0 Å². The number of hydrogen-bond acceptors (Lipinski definition) is 2. The molecule has 1 aromatic carbocycles. The third kappa shape index (κ3) is 6.49. The van der Waals surface area contributed by atoms with E-state index in [4.69, 9.17) is 5.73 Å². The molecule has 1 rings (SSSR count). The average Bonchev–Trinajstić information content (AvgIpc) is 2.36. The van der Waals surface area contributed by atoms with E-state index in [0.29, 0.717) is 11.2 Å². The number of rotatable bonds is 5. The van der Waals surface area contributed by atoms with Gasteiger partial charge in [-0.3, -0.25) is 4.99 Å². The van der Waals surface area contributed by atoms with Gasteiger partial charge in [-0.2, -0.15) is 11.8 Å². The lowest BCUT2D eigenvalue weighted by Crippen LogP contribution is -2.23. The number of nitrogens with one attached hydrogen (secondary N) is 1. The van der Waals surface area contributed by atoms with Crippen molar-refractivity contribution in [2.45, 2.75) is 25.5 Å². The van der Waals surface area contributed by atoms with Gasteiger partial charge in [0.05, 0.1) is 6.54 Å². The van der Waals surface area contributed by atoms with E-state index >= 15 is 0 Å². The van der Waals surface area contributed by atoms with Crippen molar-refractivity contribution in [1.82, 2.24) is 0 Å². The Bertz CT molecular complexity index is 382. The van der Waals surface area contributed by atoms with Gasteiger partial charge < -0.3 is 11.1 Å². The lowest BCUT2D eigenvalue weighted by Gasteiger charge is -2.08.